The van der Waals surface area contributed by atoms with Gasteiger partial charge in [0.1, 0.15) is 22.0 Å². The largest absolute Gasteiger partial charge is 0.326 e. The number of carbonyl (C=O) groups is 2. The number of aromatic nitrogens is 3. The van der Waals surface area contributed by atoms with Crippen LogP contribution >= 0.6 is 11.3 Å². The van der Waals surface area contributed by atoms with E-state index in [0.29, 0.717) is 30.8 Å². The molecule has 29 heavy (non-hydrogen) atoms. The van der Waals surface area contributed by atoms with Crippen LogP contribution in [0, 0.1) is 12.8 Å². The first-order valence-electron chi connectivity index (χ1n) is 9.82. The molecule has 1 fully saturated rings. The van der Waals surface area contributed by atoms with Gasteiger partial charge in [0.2, 0.25) is 0 Å². The number of hydrogen-bond donors (Lipinski definition) is 1. The molecule has 4 heterocycles. The van der Waals surface area contributed by atoms with Gasteiger partial charge in [-0.25, -0.2) is 9.97 Å². The van der Waals surface area contributed by atoms with Crippen LogP contribution in [0.4, 0.5) is 0 Å². The number of nitrogens with zero attached hydrogens (tertiary/aromatic N) is 4. The van der Waals surface area contributed by atoms with E-state index in [4.69, 9.17) is 5.73 Å². The Morgan fingerprint density at radius 3 is 2.79 bits per heavy atom. The minimum Gasteiger partial charge on any atom is -0.326 e. The number of carbonyl (C=O) groups excluding carboxylic acids is 2. The van der Waals surface area contributed by atoms with E-state index in [1.165, 1.54) is 11.3 Å². The van der Waals surface area contributed by atoms with Crippen molar-refractivity contribution in [3.8, 4) is 0 Å². The molecule has 152 valence electrons. The number of fused-ring (bicyclic) bond motifs is 1. The highest BCUT2D eigenvalue weighted by atomic mass is 32.1. The Morgan fingerprint density at radius 1 is 1.24 bits per heavy atom. The second kappa shape index (κ2) is 7.68. The summed E-state index contributed by atoms with van der Waals surface area (Å²) in [7, 11) is 0. The van der Waals surface area contributed by atoms with Crippen LogP contribution < -0.4 is 5.73 Å². The monoisotopic (exact) mass is 411 g/mol. The van der Waals surface area contributed by atoms with Crippen LogP contribution in [0.3, 0.4) is 0 Å². The lowest BCUT2D eigenvalue weighted by molar-refractivity contribution is 0.0728. The average molecular weight is 412 g/mol. The molecule has 0 bridgehead atoms. The second-order valence-corrected chi connectivity index (χ2v) is 9.05. The standard InChI is InChI=1S/C21H25N5O2S/c1-12(2)6-18(27)16-11-29-20(24-16)17-7-14(22)9-26(17)21(28)15-10-25-8-13(3)4-5-19(25)23-15/h4-5,8,10-12,14,17H,6-7,9,22H2,1-3H3/t14-,17+/m1/s1. The van der Waals surface area contributed by atoms with Crippen LogP contribution in [0.2, 0.25) is 0 Å². The van der Waals surface area contributed by atoms with Crippen molar-refractivity contribution >= 4 is 28.7 Å². The fraction of sp³-hybridized carbons (Fsp3) is 0.429. The average Bonchev–Trinajstić information content (AvgIpc) is 3.37. The fourth-order valence-electron chi connectivity index (χ4n) is 3.72. The number of likely N-dealkylation sites (tertiary alicyclic amines) is 1. The van der Waals surface area contributed by atoms with E-state index in [1.54, 1.807) is 16.5 Å². The first-order valence-corrected chi connectivity index (χ1v) is 10.7. The third-order valence-electron chi connectivity index (χ3n) is 5.10. The van der Waals surface area contributed by atoms with Crippen LogP contribution in [0.1, 0.15) is 64.3 Å². The number of imidazole rings is 1. The van der Waals surface area contributed by atoms with Crippen molar-refractivity contribution in [1.29, 1.82) is 0 Å². The number of pyridine rings is 1. The van der Waals surface area contributed by atoms with E-state index in [2.05, 4.69) is 9.97 Å². The number of nitrogens with two attached hydrogens (primary N) is 1. The summed E-state index contributed by atoms with van der Waals surface area (Å²) >= 11 is 1.42. The molecule has 0 aliphatic carbocycles. The van der Waals surface area contributed by atoms with Gasteiger partial charge in [-0.2, -0.15) is 0 Å². The van der Waals surface area contributed by atoms with Gasteiger partial charge < -0.3 is 15.0 Å². The molecule has 1 aliphatic heterocycles. The summed E-state index contributed by atoms with van der Waals surface area (Å²) < 4.78 is 1.86. The maximum atomic E-state index is 13.2. The zero-order chi connectivity index (χ0) is 20.7. The molecular weight excluding hydrogens is 386 g/mol. The molecule has 0 radical (unpaired) electrons. The molecule has 3 aromatic rings. The lowest BCUT2D eigenvalue weighted by Gasteiger charge is -2.21. The molecule has 0 spiro atoms. The van der Waals surface area contributed by atoms with Gasteiger partial charge >= 0.3 is 0 Å². The Hall–Kier alpha value is -2.58. The summed E-state index contributed by atoms with van der Waals surface area (Å²) in [6, 6.07) is 3.51. The predicted molar refractivity (Wildman–Crippen MR) is 112 cm³/mol. The highest BCUT2D eigenvalue weighted by Crippen LogP contribution is 2.34. The second-order valence-electron chi connectivity index (χ2n) is 8.16. The minimum atomic E-state index is -0.227. The van der Waals surface area contributed by atoms with Crippen LogP contribution in [0.5, 0.6) is 0 Å². The van der Waals surface area contributed by atoms with Crippen molar-refractivity contribution in [2.45, 2.75) is 45.7 Å². The highest BCUT2D eigenvalue weighted by molar-refractivity contribution is 7.09. The zero-order valence-electron chi connectivity index (χ0n) is 16.8. The number of hydrogen-bond acceptors (Lipinski definition) is 6. The van der Waals surface area contributed by atoms with Gasteiger partial charge in [-0.05, 0) is 30.9 Å². The van der Waals surface area contributed by atoms with E-state index in [-0.39, 0.29) is 29.7 Å². The van der Waals surface area contributed by atoms with Crippen molar-refractivity contribution < 1.29 is 9.59 Å². The van der Waals surface area contributed by atoms with E-state index < -0.39 is 0 Å². The third kappa shape index (κ3) is 3.95. The first-order chi connectivity index (χ1) is 13.8. The van der Waals surface area contributed by atoms with E-state index in [9.17, 15) is 9.59 Å². The Labute approximate surface area is 173 Å². The molecule has 0 unspecified atom stereocenters. The molecule has 0 saturated carbocycles. The van der Waals surface area contributed by atoms with E-state index in [1.807, 2.05) is 43.5 Å². The molecular formula is C21H25N5O2S. The summed E-state index contributed by atoms with van der Waals surface area (Å²) in [6.07, 6.45) is 4.80. The summed E-state index contributed by atoms with van der Waals surface area (Å²) in [5.41, 5.74) is 8.88. The predicted octanol–water partition coefficient (Wildman–Crippen LogP) is 3.24. The lowest BCUT2D eigenvalue weighted by Crippen LogP contribution is -2.33. The van der Waals surface area contributed by atoms with Gasteiger partial charge in [-0.15, -0.1) is 11.3 Å². The van der Waals surface area contributed by atoms with E-state index in [0.717, 1.165) is 16.2 Å². The van der Waals surface area contributed by atoms with Crippen molar-refractivity contribution in [2.75, 3.05) is 6.54 Å². The van der Waals surface area contributed by atoms with Crippen LogP contribution in [0.15, 0.2) is 29.9 Å². The smallest absolute Gasteiger partial charge is 0.274 e. The van der Waals surface area contributed by atoms with Gasteiger partial charge in [0.05, 0.1) is 6.04 Å². The van der Waals surface area contributed by atoms with Crippen molar-refractivity contribution in [2.24, 2.45) is 11.7 Å². The van der Waals surface area contributed by atoms with Crippen LogP contribution in [-0.4, -0.2) is 43.5 Å². The van der Waals surface area contributed by atoms with Crippen molar-refractivity contribution in [3.05, 3.63) is 51.9 Å². The van der Waals surface area contributed by atoms with Gasteiger partial charge in [0, 0.05) is 36.8 Å². The number of thiazole rings is 1. The Bertz CT molecular complexity index is 1070. The number of rotatable bonds is 5. The maximum absolute atomic E-state index is 13.2. The molecule has 7 nitrogen and oxygen atoms in total. The normalized spacial score (nSPS) is 19.4. The molecule has 0 aromatic carbocycles. The molecule has 1 aliphatic rings. The minimum absolute atomic E-state index is 0.0402. The third-order valence-corrected chi connectivity index (χ3v) is 6.04. The summed E-state index contributed by atoms with van der Waals surface area (Å²) in [6.45, 7) is 6.47. The zero-order valence-corrected chi connectivity index (χ0v) is 17.6. The van der Waals surface area contributed by atoms with Crippen LogP contribution in [-0.2, 0) is 0 Å². The Kier molecular flexibility index (Phi) is 5.23. The molecule has 2 N–H and O–H groups in total. The summed E-state index contributed by atoms with van der Waals surface area (Å²) in [5.74, 6) is 0.164. The molecule has 2 atom stereocenters. The number of Topliss-reactive ketones (excluding diaryl/α,β-unsaturated/α-hetero) is 1. The molecule has 4 rings (SSSR count). The van der Waals surface area contributed by atoms with E-state index >= 15 is 0 Å². The Balaban J connectivity index is 1.60. The summed E-state index contributed by atoms with van der Waals surface area (Å²) in [4.78, 5) is 36.3. The maximum Gasteiger partial charge on any atom is 0.274 e. The topological polar surface area (TPSA) is 93.6 Å². The number of ketones is 1. The molecule has 1 amide bonds. The van der Waals surface area contributed by atoms with Gasteiger partial charge in [-0.3, -0.25) is 9.59 Å². The molecule has 3 aromatic heterocycles. The molecule has 8 heteroatoms. The van der Waals surface area contributed by atoms with Crippen LogP contribution in [0.25, 0.3) is 5.65 Å². The molecule has 1 saturated heterocycles. The first kappa shape index (κ1) is 19.7. The van der Waals surface area contributed by atoms with Gasteiger partial charge in [-0.1, -0.05) is 19.9 Å². The van der Waals surface area contributed by atoms with Crippen molar-refractivity contribution in [1.82, 2.24) is 19.3 Å². The lowest BCUT2D eigenvalue weighted by atomic mass is 10.1. The Morgan fingerprint density at radius 2 is 2.03 bits per heavy atom. The SMILES string of the molecule is Cc1ccc2nc(C(=O)N3C[C@H](N)C[C@H]3c3nc(C(=O)CC(C)C)cs3)cn2c1. The van der Waals surface area contributed by atoms with Gasteiger partial charge in [0.25, 0.3) is 5.91 Å². The highest BCUT2D eigenvalue weighted by Gasteiger charge is 2.37. The van der Waals surface area contributed by atoms with Crippen molar-refractivity contribution in [3.63, 3.8) is 0 Å². The van der Waals surface area contributed by atoms with Gasteiger partial charge in [0.15, 0.2) is 5.78 Å². The summed E-state index contributed by atoms with van der Waals surface area (Å²) in [5, 5.41) is 2.55. The number of aryl methyl sites for hydroxylation is 1. The number of amides is 1. The fourth-order valence-corrected chi connectivity index (χ4v) is 4.67. The quantitative estimate of drug-likeness (QED) is 0.651.